The summed E-state index contributed by atoms with van der Waals surface area (Å²) in [6.07, 6.45) is 6.04. The van der Waals surface area contributed by atoms with Crippen molar-refractivity contribution in [1.82, 2.24) is 9.97 Å². The monoisotopic (exact) mass is 297 g/mol. The Labute approximate surface area is 112 Å². The van der Waals surface area contributed by atoms with Crippen molar-refractivity contribution < 1.29 is 0 Å². The highest BCUT2D eigenvalue weighted by Gasteiger charge is 2.31. The highest BCUT2D eigenvalue weighted by Crippen LogP contribution is 2.40. The number of hydrogen-bond donors (Lipinski definition) is 1. The molecule has 1 aromatic rings. The maximum Gasteiger partial charge on any atom is 0.132 e. The van der Waals surface area contributed by atoms with Crippen molar-refractivity contribution >= 4 is 21.7 Å². The number of halogens is 1. The molecule has 0 amide bonds. The Morgan fingerprint density at radius 2 is 2.18 bits per heavy atom. The molecule has 1 heterocycles. The summed E-state index contributed by atoms with van der Waals surface area (Å²) in [4.78, 5) is 8.90. The molecular weight excluding hydrogens is 278 g/mol. The van der Waals surface area contributed by atoms with Gasteiger partial charge in [0.1, 0.15) is 16.2 Å². The van der Waals surface area contributed by atoms with Crippen LogP contribution in [0.2, 0.25) is 0 Å². The number of nitrogens with zero attached hydrogens (tertiary/aromatic N) is 2. The van der Waals surface area contributed by atoms with E-state index < -0.39 is 0 Å². The summed E-state index contributed by atoms with van der Waals surface area (Å²) in [5.74, 6) is 1.87. The first-order valence-electron chi connectivity index (χ1n) is 6.39. The first kappa shape index (κ1) is 12.8. The van der Waals surface area contributed by atoms with Gasteiger partial charge in [-0.05, 0) is 40.6 Å². The van der Waals surface area contributed by atoms with Crippen LogP contribution in [0.25, 0.3) is 0 Å². The molecule has 1 aliphatic rings. The Morgan fingerprint density at radius 1 is 1.41 bits per heavy atom. The number of aryl methyl sites for hydroxylation is 1. The maximum atomic E-state index is 4.53. The molecule has 3 nitrogen and oxygen atoms in total. The van der Waals surface area contributed by atoms with Crippen LogP contribution in [0.1, 0.15) is 45.4 Å². The van der Waals surface area contributed by atoms with Gasteiger partial charge in [-0.3, -0.25) is 0 Å². The lowest BCUT2D eigenvalue weighted by Gasteiger charge is -2.38. The van der Waals surface area contributed by atoms with E-state index in [4.69, 9.17) is 0 Å². The summed E-state index contributed by atoms with van der Waals surface area (Å²) < 4.78 is 0.872. The second-order valence-corrected chi connectivity index (χ2v) is 6.07. The van der Waals surface area contributed by atoms with Crippen LogP contribution in [0.4, 0.5) is 5.82 Å². The Morgan fingerprint density at radius 3 is 2.76 bits per heavy atom. The minimum atomic E-state index is 0.475. The van der Waals surface area contributed by atoms with Crippen molar-refractivity contribution in [2.45, 2.75) is 46.0 Å². The largest absolute Gasteiger partial charge is 0.369 e. The van der Waals surface area contributed by atoms with Crippen LogP contribution < -0.4 is 5.32 Å². The van der Waals surface area contributed by atoms with Crippen LogP contribution in [-0.2, 0) is 6.42 Å². The average molecular weight is 298 g/mol. The lowest BCUT2D eigenvalue weighted by atomic mass is 9.70. The van der Waals surface area contributed by atoms with Gasteiger partial charge in [0, 0.05) is 19.0 Å². The molecule has 1 saturated carbocycles. The van der Waals surface area contributed by atoms with E-state index in [9.17, 15) is 0 Å². The van der Waals surface area contributed by atoms with Gasteiger partial charge >= 0.3 is 0 Å². The molecule has 1 N–H and O–H groups in total. The first-order chi connectivity index (χ1) is 8.11. The summed E-state index contributed by atoms with van der Waals surface area (Å²) >= 11 is 3.44. The molecule has 0 spiro atoms. The van der Waals surface area contributed by atoms with Crippen molar-refractivity contribution in [2.24, 2.45) is 5.41 Å². The number of anilines is 1. The fourth-order valence-corrected chi connectivity index (χ4v) is 2.57. The summed E-state index contributed by atoms with van der Waals surface area (Å²) in [6.45, 7) is 5.50. The molecule has 4 heteroatoms. The summed E-state index contributed by atoms with van der Waals surface area (Å²) in [6, 6.07) is 1.96. The predicted octanol–water partition coefficient (Wildman–Crippen LogP) is 3.79. The second-order valence-electron chi connectivity index (χ2n) is 5.26. The van der Waals surface area contributed by atoms with Crippen molar-refractivity contribution in [3.8, 4) is 0 Å². The molecule has 1 fully saturated rings. The Hall–Kier alpha value is -0.640. The molecular formula is C13H20BrN3. The van der Waals surface area contributed by atoms with Gasteiger partial charge in [-0.1, -0.05) is 20.3 Å². The van der Waals surface area contributed by atoms with Gasteiger partial charge < -0.3 is 5.32 Å². The van der Waals surface area contributed by atoms with Gasteiger partial charge in [-0.25, -0.2) is 9.97 Å². The maximum absolute atomic E-state index is 4.53. The van der Waals surface area contributed by atoms with Crippen LogP contribution in [0.15, 0.2) is 10.7 Å². The molecule has 0 bridgehead atoms. The van der Waals surface area contributed by atoms with E-state index >= 15 is 0 Å². The van der Waals surface area contributed by atoms with E-state index in [1.807, 2.05) is 6.07 Å². The van der Waals surface area contributed by atoms with E-state index in [0.29, 0.717) is 5.41 Å². The van der Waals surface area contributed by atoms with Gasteiger partial charge in [-0.15, -0.1) is 0 Å². The summed E-state index contributed by atoms with van der Waals surface area (Å²) in [5.41, 5.74) is 0.475. The van der Waals surface area contributed by atoms with E-state index in [1.54, 1.807) is 0 Å². The van der Waals surface area contributed by atoms with Gasteiger partial charge in [0.15, 0.2) is 0 Å². The van der Waals surface area contributed by atoms with Crippen molar-refractivity contribution in [3.63, 3.8) is 0 Å². The lowest BCUT2D eigenvalue weighted by molar-refractivity contribution is 0.180. The predicted molar refractivity (Wildman–Crippen MR) is 74.2 cm³/mol. The highest BCUT2D eigenvalue weighted by atomic mass is 79.9. The third-order valence-corrected chi connectivity index (χ3v) is 3.88. The van der Waals surface area contributed by atoms with Crippen LogP contribution in [-0.4, -0.2) is 16.5 Å². The van der Waals surface area contributed by atoms with Crippen LogP contribution in [0.5, 0.6) is 0 Å². The SMILES string of the molecule is CCCc1nc(Br)cc(NCC2(C)CCC2)n1. The quantitative estimate of drug-likeness (QED) is 0.840. The number of rotatable bonds is 5. The van der Waals surface area contributed by atoms with Crippen molar-refractivity contribution in [3.05, 3.63) is 16.5 Å². The van der Waals surface area contributed by atoms with Gasteiger partial charge in [0.25, 0.3) is 0 Å². The summed E-state index contributed by atoms with van der Waals surface area (Å²) in [5, 5.41) is 3.45. The zero-order valence-corrected chi connectivity index (χ0v) is 12.2. The van der Waals surface area contributed by atoms with Crippen LogP contribution >= 0.6 is 15.9 Å². The molecule has 94 valence electrons. The number of hydrogen-bond acceptors (Lipinski definition) is 3. The molecule has 1 aromatic heterocycles. The Bertz CT molecular complexity index is 388. The Kier molecular flexibility index (Phi) is 4.02. The Balaban J connectivity index is 1.99. The number of nitrogens with one attached hydrogen (secondary N) is 1. The molecule has 0 radical (unpaired) electrons. The van der Waals surface area contributed by atoms with E-state index in [2.05, 4.69) is 45.1 Å². The topological polar surface area (TPSA) is 37.8 Å². The zero-order valence-electron chi connectivity index (χ0n) is 10.6. The molecule has 0 saturated heterocycles. The van der Waals surface area contributed by atoms with Crippen molar-refractivity contribution in [1.29, 1.82) is 0 Å². The van der Waals surface area contributed by atoms with Gasteiger partial charge in [-0.2, -0.15) is 0 Å². The minimum absolute atomic E-state index is 0.475. The molecule has 0 aliphatic heterocycles. The third-order valence-electron chi connectivity index (χ3n) is 3.47. The molecule has 1 aliphatic carbocycles. The lowest BCUT2D eigenvalue weighted by Crippen LogP contribution is -2.33. The molecule has 0 atom stereocenters. The fourth-order valence-electron chi connectivity index (χ4n) is 2.15. The molecule has 0 unspecified atom stereocenters. The molecule has 0 aromatic carbocycles. The zero-order chi connectivity index (χ0) is 12.3. The normalized spacial score (nSPS) is 17.6. The van der Waals surface area contributed by atoms with E-state index in [1.165, 1.54) is 19.3 Å². The molecule has 17 heavy (non-hydrogen) atoms. The number of aromatic nitrogens is 2. The van der Waals surface area contributed by atoms with Gasteiger partial charge in [0.05, 0.1) is 0 Å². The highest BCUT2D eigenvalue weighted by molar-refractivity contribution is 9.10. The van der Waals surface area contributed by atoms with Crippen LogP contribution in [0.3, 0.4) is 0 Å². The standard InChI is InChI=1S/C13H20BrN3/c1-3-5-11-16-10(14)8-12(17-11)15-9-13(2)6-4-7-13/h8H,3-7,9H2,1-2H3,(H,15,16,17). The van der Waals surface area contributed by atoms with E-state index in [-0.39, 0.29) is 0 Å². The summed E-state index contributed by atoms with van der Waals surface area (Å²) in [7, 11) is 0. The third kappa shape index (κ3) is 3.41. The minimum Gasteiger partial charge on any atom is -0.369 e. The smallest absolute Gasteiger partial charge is 0.132 e. The second kappa shape index (κ2) is 5.34. The first-order valence-corrected chi connectivity index (χ1v) is 7.18. The molecule has 2 rings (SSSR count). The van der Waals surface area contributed by atoms with Crippen molar-refractivity contribution in [2.75, 3.05) is 11.9 Å². The van der Waals surface area contributed by atoms with Gasteiger partial charge in [0.2, 0.25) is 0 Å². The fraction of sp³-hybridized carbons (Fsp3) is 0.692. The average Bonchev–Trinajstić information content (AvgIpc) is 2.23. The van der Waals surface area contributed by atoms with Crippen LogP contribution in [0, 0.1) is 5.41 Å². The van der Waals surface area contributed by atoms with E-state index in [0.717, 1.165) is 35.6 Å².